The first kappa shape index (κ1) is 26.5. The van der Waals surface area contributed by atoms with E-state index in [2.05, 4.69) is 27.5 Å². The number of thiazole rings is 1. The number of hydrogen-bond donors (Lipinski definition) is 2. The van der Waals surface area contributed by atoms with Gasteiger partial charge in [0.2, 0.25) is 0 Å². The van der Waals surface area contributed by atoms with E-state index < -0.39 is 0 Å². The molecular formula is C23H34IN5O2S. The molecule has 1 fully saturated rings. The Balaban J connectivity index is 0.00000363. The lowest BCUT2D eigenvalue weighted by Gasteiger charge is -2.35. The van der Waals surface area contributed by atoms with Crippen molar-refractivity contribution in [3.8, 4) is 0 Å². The third kappa shape index (κ3) is 7.70. The zero-order chi connectivity index (χ0) is 22.2. The Morgan fingerprint density at radius 2 is 1.91 bits per heavy atom. The highest BCUT2D eigenvalue weighted by Gasteiger charge is 2.26. The van der Waals surface area contributed by atoms with Gasteiger partial charge in [-0.05, 0) is 38.0 Å². The van der Waals surface area contributed by atoms with Crippen molar-refractivity contribution in [2.45, 2.75) is 52.4 Å². The van der Waals surface area contributed by atoms with Crippen LogP contribution in [-0.4, -0.2) is 60.6 Å². The molecule has 1 aliphatic rings. The van der Waals surface area contributed by atoms with Crippen molar-refractivity contribution in [1.82, 2.24) is 20.5 Å². The van der Waals surface area contributed by atoms with E-state index in [1.807, 2.05) is 49.2 Å². The Kier molecular flexibility index (Phi) is 10.9. The van der Waals surface area contributed by atoms with Crippen LogP contribution in [0, 0.1) is 0 Å². The van der Waals surface area contributed by atoms with Crippen molar-refractivity contribution in [2.24, 2.45) is 4.99 Å². The fraction of sp³-hybridized carbons (Fsp3) is 0.522. The summed E-state index contributed by atoms with van der Waals surface area (Å²) in [5.74, 6) is 0.816. The van der Waals surface area contributed by atoms with Crippen molar-refractivity contribution in [1.29, 1.82) is 0 Å². The Labute approximate surface area is 212 Å². The number of aromatic nitrogens is 1. The van der Waals surface area contributed by atoms with E-state index in [0.717, 1.165) is 35.9 Å². The number of amides is 1. The molecule has 2 atom stereocenters. The van der Waals surface area contributed by atoms with Crippen molar-refractivity contribution in [3.63, 3.8) is 0 Å². The molecule has 2 unspecified atom stereocenters. The zero-order valence-electron chi connectivity index (χ0n) is 19.3. The van der Waals surface area contributed by atoms with Crippen LogP contribution in [0.4, 0.5) is 0 Å². The molecule has 2 aromatic rings. The van der Waals surface area contributed by atoms with Gasteiger partial charge in [0.05, 0.1) is 17.2 Å². The normalized spacial score (nSPS) is 18.8. The summed E-state index contributed by atoms with van der Waals surface area (Å²) in [6.45, 7) is 8.84. The summed E-state index contributed by atoms with van der Waals surface area (Å²) in [6, 6.07) is 7.77. The molecule has 1 amide bonds. The highest BCUT2D eigenvalue weighted by atomic mass is 127. The van der Waals surface area contributed by atoms with Gasteiger partial charge in [-0.2, -0.15) is 0 Å². The second-order valence-electron chi connectivity index (χ2n) is 7.84. The largest absolute Gasteiger partial charge is 0.372 e. The van der Waals surface area contributed by atoms with Gasteiger partial charge >= 0.3 is 0 Å². The maximum atomic E-state index is 12.8. The Hall–Kier alpha value is -1.72. The summed E-state index contributed by atoms with van der Waals surface area (Å²) in [5.41, 5.74) is 1.80. The molecule has 32 heavy (non-hydrogen) atoms. The van der Waals surface area contributed by atoms with E-state index >= 15 is 0 Å². The van der Waals surface area contributed by atoms with Crippen LogP contribution in [0.2, 0.25) is 0 Å². The van der Waals surface area contributed by atoms with Gasteiger partial charge in [0.25, 0.3) is 5.91 Å². The molecule has 1 aliphatic heterocycles. The van der Waals surface area contributed by atoms with Gasteiger partial charge in [0, 0.05) is 56.3 Å². The van der Waals surface area contributed by atoms with Gasteiger partial charge in [-0.15, -0.1) is 35.3 Å². The molecule has 2 heterocycles. The van der Waals surface area contributed by atoms with Gasteiger partial charge in [-0.3, -0.25) is 9.79 Å². The van der Waals surface area contributed by atoms with Crippen LogP contribution in [0.3, 0.4) is 0 Å². The standard InChI is InChI=1S/C23H33N5O2S.HI/c1-5-20-13-26-21(31-20)10-11-25-23(24-4)27-12-18-6-8-19(9-7-18)22(29)28-14-16(2)30-17(3)15-28;/h6-9,13,16-17H,5,10-12,14-15H2,1-4H3,(H2,24,25,27);1H. The zero-order valence-corrected chi connectivity index (χ0v) is 22.4. The van der Waals surface area contributed by atoms with Gasteiger partial charge in [-0.25, -0.2) is 4.98 Å². The number of nitrogens with one attached hydrogen (secondary N) is 2. The number of halogens is 1. The topological polar surface area (TPSA) is 78.8 Å². The number of hydrogen-bond acceptors (Lipinski definition) is 5. The third-order valence-corrected chi connectivity index (χ3v) is 6.37. The molecule has 0 radical (unpaired) electrons. The summed E-state index contributed by atoms with van der Waals surface area (Å²) in [7, 11) is 1.76. The number of carbonyl (C=O) groups excluding carboxylic acids is 1. The fourth-order valence-corrected chi connectivity index (χ4v) is 4.47. The SMILES string of the molecule is CCc1cnc(CCNC(=NC)NCc2ccc(C(=O)N3CC(C)OC(C)C3)cc2)s1.I. The molecule has 176 valence electrons. The minimum atomic E-state index is 0. The van der Waals surface area contributed by atoms with Gasteiger partial charge in [0.15, 0.2) is 5.96 Å². The average Bonchev–Trinajstić information content (AvgIpc) is 3.23. The monoisotopic (exact) mass is 571 g/mol. The molecule has 1 aromatic heterocycles. The van der Waals surface area contributed by atoms with Crippen molar-refractivity contribution in [2.75, 3.05) is 26.7 Å². The predicted octanol–water partition coefficient (Wildman–Crippen LogP) is 3.48. The fourth-order valence-electron chi connectivity index (χ4n) is 3.61. The Morgan fingerprint density at radius 3 is 2.50 bits per heavy atom. The van der Waals surface area contributed by atoms with Crippen LogP contribution in [0.1, 0.15) is 46.6 Å². The molecule has 0 bridgehead atoms. The highest BCUT2D eigenvalue weighted by Crippen LogP contribution is 2.15. The molecule has 2 N–H and O–H groups in total. The molecule has 1 aromatic carbocycles. The Bertz CT molecular complexity index is 877. The second-order valence-corrected chi connectivity index (χ2v) is 9.04. The summed E-state index contributed by atoms with van der Waals surface area (Å²) in [6.07, 6.45) is 4.01. The van der Waals surface area contributed by atoms with Crippen LogP contribution < -0.4 is 10.6 Å². The lowest BCUT2D eigenvalue weighted by molar-refractivity contribution is -0.0586. The minimum Gasteiger partial charge on any atom is -0.372 e. The van der Waals surface area contributed by atoms with Crippen LogP contribution in [0.5, 0.6) is 0 Å². The summed E-state index contributed by atoms with van der Waals surface area (Å²) in [5, 5.41) is 7.79. The second kappa shape index (κ2) is 13.1. The number of nitrogens with zero attached hydrogens (tertiary/aromatic N) is 3. The Morgan fingerprint density at radius 1 is 1.22 bits per heavy atom. The van der Waals surface area contributed by atoms with E-state index in [9.17, 15) is 4.79 Å². The van der Waals surface area contributed by atoms with Gasteiger partial charge < -0.3 is 20.3 Å². The molecule has 3 rings (SSSR count). The summed E-state index contributed by atoms with van der Waals surface area (Å²) >= 11 is 1.77. The lowest BCUT2D eigenvalue weighted by atomic mass is 10.1. The molecule has 0 saturated carbocycles. The number of guanidine groups is 1. The summed E-state index contributed by atoms with van der Waals surface area (Å²) < 4.78 is 5.72. The number of morpholine rings is 1. The van der Waals surface area contributed by atoms with E-state index in [1.165, 1.54) is 4.88 Å². The van der Waals surface area contributed by atoms with E-state index in [4.69, 9.17) is 4.74 Å². The van der Waals surface area contributed by atoms with E-state index in [-0.39, 0.29) is 42.1 Å². The molecule has 0 spiro atoms. The van der Waals surface area contributed by atoms with Crippen molar-refractivity contribution in [3.05, 3.63) is 51.5 Å². The first-order valence-corrected chi connectivity index (χ1v) is 11.7. The maximum absolute atomic E-state index is 12.8. The number of benzene rings is 1. The van der Waals surface area contributed by atoms with Crippen LogP contribution in [0.25, 0.3) is 0 Å². The van der Waals surface area contributed by atoms with E-state index in [0.29, 0.717) is 25.2 Å². The first-order valence-electron chi connectivity index (χ1n) is 10.9. The van der Waals surface area contributed by atoms with Gasteiger partial charge in [-0.1, -0.05) is 19.1 Å². The number of carbonyl (C=O) groups is 1. The lowest BCUT2D eigenvalue weighted by Crippen LogP contribution is -2.48. The predicted molar refractivity (Wildman–Crippen MR) is 141 cm³/mol. The van der Waals surface area contributed by atoms with Crippen molar-refractivity contribution >= 4 is 47.2 Å². The number of aliphatic imine (C=N–C) groups is 1. The number of aryl methyl sites for hydroxylation is 1. The quantitative estimate of drug-likeness (QED) is 0.303. The minimum absolute atomic E-state index is 0. The maximum Gasteiger partial charge on any atom is 0.254 e. The molecule has 7 nitrogen and oxygen atoms in total. The third-order valence-electron chi connectivity index (χ3n) is 5.17. The number of rotatable bonds is 7. The molecular weight excluding hydrogens is 537 g/mol. The average molecular weight is 572 g/mol. The molecule has 9 heteroatoms. The van der Waals surface area contributed by atoms with Gasteiger partial charge in [0.1, 0.15) is 0 Å². The molecule has 0 aliphatic carbocycles. The summed E-state index contributed by atoms with van der Waals surface area (Å²) in [4.78, 5) is 24.7. The molecule has 1 saturated heterocycles. The van der Waals surface area contributed by atoms with E-state index in [1.54, 1.807) is 18.4 Å². The smallest absolute Gasteiger partial charge is 0.254 e. The number of ether oxygens (including phenoxy) is 1. The first-order chi connectivity index (χ1) is 15.0. The van der Waals surface area contributed by atoms with Crippen LogP contribution in [0.15, 0.2) is 35.5 Å². The highest BCUT2D eigenvalue weighted by molar-refractivity contribution is 14.0. The van der Waals surface area contributed by atoms with Crippen molar-refractivity contribution < 1.29 is 9.53 Å². The van der Waals surface area contributed by atoms with Crippen LogP contribution in [-0.2, 0) is 24.1 Å². The van der Waals surface area contributed by atoms with Crippen LogP contribution >= 0.6 is 35.3 Å².